The molecule has 0 spiro atoms. The summed E-state index contributed by atoms with van der Waals surface area (Å²) in [4.78, 5) is 25.7. The number of carbonyl (C=O) groups is 2. The van der Waals surface area contributed by atoms with E-state index in [4.69, 9.17) is 9.47 Å². The number of phenolic OH excluding ortho intramolecular Hbond substituents is 1. The number of benzene rings is 2. The predicted octanol–water partition coefficient (Wildman–Crippen LogP) is 1.39. The summed E-state index contributed by atoms with van der Waals surface area (Å²) in [7, 11) is 0. The van der Waals surface area contributed by atoms with Crippen LogP contribution in [0.4, 0.5) is 0 Å². The largest absolute Gasteiger partial charge is 0.508 e. The number of morpholine rings is 1. The zero-order chi connectivity index (χ0) is 19.8. The van der Waals surface area contributed by atoms with Crippen LogP contribution in [0.15, 0.2) is 53.6 Å². The van der Waals surface area contributed by atoms with Crippen LogP contribution in [0.2, 0.25) is 0 Å². The van der Waals surface area contributed by atoms with E-state index < -0.39 is 5.91 Å². The highest BCUT2D eigenvalue weighted by Crippen LogP contribution is 2.12. The van der Waals surface area contributed by atoms with Gasteiger partial charge in [-0.25, -0.2) is 5.43 Å². The summed E-state index contributed by atoms with van der Waals surface area (Å²) in [5.74, 6) is 0.0965. The first-order valence-electron chi connectivity index (χ1n) is 8.82. The normalized spacial score (nSPS) is 14.1. The van der Waals surface area contributed by atoms with Gasteiger partial charge in [0.2, 0.25) is 0 Å². The first-order chi connectivity index (χ1) is 13.6. The van der Waals surface area contributed by atoms with E-state index in [9.17, 15) is 14.7 Å². The number of aromatic hydroxyl groups is 1. The lowest BCUT2D eigenvalue weighted by Crippen LogP contribution is -2.42. The molecule has 28 heavy (non-hydrogen) atoms. The second-order valence-corrected chi connectivity index (χ2v) is 6.10. The molecule has 0 aromatic heterocycles. The highest BCUT2D eigenvalue weighted by Gasteiger charge is 2.17. The van der Waals surface area contributed by atoms with Crippen LogP contribution in [0.1, 0.15) is 15.9 Å². The highest BCUT2D eigenvalue weighted by molar-refractivity contribution is 5.95. The molecule has 1 aliphatic heterocycles. The molecule has 3 rings (SSSR count). The third-order valence-corrected chi connectivity index (χ3v) is 4.09. The fourth-order valence-corrected chi connectivity index (χ4v) is 2.58. The van der Waals surface area contributed by atoms with Gasteiger partial charge >= 0.3 is 0 Å². The summed E-state index contributed by atoms with van der Waals surface area (Å²) in [6, 6.07) is 13.0. The molecule has 0 atom stereocenters. The van der Waals surface area contributed by atoms with Crippen molar-refractivity contribution in [3.05, 3.63) is 59.7 Å². The fourth-order valence-electron chi connectivity index (χ4n) is 2.58. The van der Waals surface area contributed by atoms with Gasteiger partial charge in [0.25, 0.3) is 11.8 Å². The quantitative estimate of drug-likeness (QED) is 0.580. The van der Waals surface area contributed by atoms with E-state index in [1.54, 1.807) is 41.3 Å². The molecule has 2 aromatic carbocycles. The Balaban J connectivity index is 1.46. The molecule has 0 saturated carbocycles. The van der Waals surface area contributed by atoms with E-state index in [2.05, 4.69) is 10.5 Å². The van der Waals surface area contributed by atoms with Gasteiger partial charge in [-0.1, -0.05) is 6.07 Å². The highest BCUT2D eigenvalue weighted by atomic mass is 16.5. The Morgan fingerprint density at radius 3 is 2.64 bits per heavy atom. The van der Waals surface area contributed by atoms with Gasteiger partial charge in [0.1, 0.15) is 11.5 Å². The molecule has 0 bridgehead atoms. The minimum absolute atomic E-state index is 0.0133. The lowest BCUT2D eigenvalue weighted by molar-refractivity contribution is -0.137. The van der Waals surface area contributed by atoms with Crippen molar-refractivity contribution in [2.24, 2.45) is 5.10 Å². The number of rotatable bonds is 6. The Bertz CT molecular complexity index is 845. The van der Waals surface area contributed by atoms with Crippen LogP contribution in [0.25, 0.3) is 0 Å². The summed E-state index contributed by atoms with van der Waals surface area (Å²) in [6.07, 6.45) is 1.49. The Kier molecular flexibility index (Phi) is 6.59. The first kappa shape index (κ1) is 19.4. The van der Waals surface area contributed by atoms with E-state index in [0.29, 0.717) is 37.6 Å². The van der Waals surface area contributed by atoms with E-state index in [-0.39, 0.29) is 18.3 Å². The van der Waals surface area contributed by atoms with Crippen molar-refractivity contribution in [2.45, 2.75) is 0 Å². The first-order valence-corrected chi connectivity index (χ1v) is 8.82. The van der Waals surface area contributed by atoms with Gasteiger partial charge in [-0.3, -0.25) is 9.59 Å². The second-order valence-electron chi connectivity index (χ2n) is 6.10. The topological polar surface area (TPSA) is 100 Å². The van der Waals surface area contributed by atoms with Crippen LogP contribution in [0, 0.1) is 0 Å². The molecule has 1 fully saturated rings. The molecule has 1 saturated heterocycles. The summed E-state index contributed by atoms with van der Waals surface area (Å²) in [5, 5.41) is 13.3. The number of phenols is 1. The second kappa shape index (κ2) is 9.52. The van der Waals surface area contributed by atoms with Gasteiger partial charge in [0.05, 0.1) is 19.4 Å². The Hall–Kier alpha value is -3.39. The molecule has 0 unspecified atom stereocenters. The number of ether oxygens (including phenoxy) is 2. The standard InChI is InChI=1S/C20H21N3O5/c24-17-3-1-2-16(12-17)20(26)22-21-13-15-4-6-18(7-5-15)28-14-19(25)23-8-10-27-11-9-23/h1-7,12-13,24H,8-11,14H2,(H,22,26)/b21-13+. The SMILES string of the molecule is O=C(N/N=C/c1ccc(OCC(=O)N2CCOCC2)cc1)c1cccc(O)c1. The number of hydrogen-bond donors (Lipinski definition) is 2. The molecule has 2 amide bonds. The van der Waals surface area contributed by atoms with Gasteiger partial charge < -0.3 is 19.5 Å². The smallest absolute Gasteiger partial charge is 0.271 e. The third-order valence-electron chi connectivity index (χ3n) is 4.09. The monoisotopic (exact) mass is 383 g/mol. The third kappa shape index (κ3) is 5.55. The van der Waals surface area contributed by atoms with E-state index in [0.717, 1.165) is 5.56 Å². The molecule has 146 valence electrons. The average Bonchev–Trinajstić information content (AvgIpc) is 2.73. The molecule has 1 heterocycles. The van der Waals surface area contributed by atoms with Crippen molar-refractivity contribution in [1.82, 2.24) is 10.3 Å². The lowest BCUT2D eigenvalue weighted by atomic mass is 10.2. The van der Waals surface area contributed by atoms with Crippen molar-refractivity contribution in [2.75, 3.05) is 32.9 Å². The van der Waals surface area contributed by atoms with Gasteiger partial charge in [-0.15, -0.1) is 0 Å². The molecule has 8 nitrogen and oxygen atoms in total. The minimum Gasteiger partial charge on any atom is -0.508 e. The maximum atomic E-state index is 12.0. The minimum atomic E-state index is -0.422. The van der Waals surface area contributed by atoms with Crippen molar-refractivity contribution in [1.29, 1.82) is 0 Å². The summed E-state index contributed by atoms with van der Waals surface area (Å²) in [5.41, 5.74) is 3.46. The van der Waals surface area contributed by atoms with E-state index in [1.165, 1.54) is 18.3 Å². The molecular formula is C20H21N3O5. The molecule has 8 heteroatoms. The predicted molar refractivity (Wildman–Crippen MR) is 103 cm³/mol. The summed E-state index contributed by atoms with van der Waals surface area (Å²) < 4.78 is 10.7. The van der Waals surface area contributed by atoms with Gasteiger partial charge in [-0.2, -0.15) is 5.10 Å². The Morgan fingerprint density at radius 2 is 1.93 bits per heavy atom. The number of nitrogens with one attached hydrogen (secondary N) is 1. The van der Waals surface area contributed by atoms with Crippen molar-refractivity contribution >= 4 is 18.0 Å². The van der Waals surface area contributed by atoms with Gasteiger partial charge in [-0.05, 0) is 48.0 Å². The lowest BCUT2D eigenvalue weighted by Gasteiger charge is -2.26. The Morgan fingerprint density at radius 1 is 1.18 bits per heavy atom. The molecule has 0 aliphatic carbocycles. The van der Waals surface area contributed by atoms with Crippen molar-refractivity contribution in [3.63, 3.8) is 0 Å². The Labute approximate surface area is 162 Å². The number of carbonyl (C=O) groups excluding carboxylic acids is 2. The zero-order valence-electron chi connectivity index (χ0n) is 15.2. The average molecular weight is 383 g/mol. The van der Waals surface area contributed by atoms with Crippen LogP contribution in [0.5, 0.6) is 11.5 Å². The molecule has 0 radical (unpaired) electrons. The maximum absolute atomic E-state index is 12.0. The van der Waals surface area contributed by atoms with Crippen LogP contribution >= 0.6 is 0 Å². The van der Waals surface area contributed by atoms with Crippen LogP contribution in [-0.4, -0.2) is 60.9 Å². The van der Waals surface area contributed by atoms with Crippen LogP contribution in [0.3, 0.4) is 0 Å². The fraction of sp³-hybridized carbons (Fsp3) is 0.250. The van der Waals surface area contributed by atoms with E-state index >= 15 is 0 Å². The van der Waals surface area contributed by atoms with E-state index in [1.807, 2.05) is 0 Å². The van der Waals surface area contributed by atoms with Crippen LogP contribution < -0.4 is 10.2 Å². The van der Waals surface area contributed by atoms with Crippen molar-refractivity contribution in [3.8, 4) is 11.5 Å². The molecule has 2 N–H and O–H groups in total. The van der Waals surface area contributed by atoms with Gasteiger partial charge in [0.15, 0.2) is 6.61 Å². The van der Waals surface area contributed by atoms with Gasteiger partial charge in [0, 0.05) is 18.7 Å². The summed E-state index contributed by atoms with van der Waals surface area (Å²) in [6.45, 7) is 2.27. The molecule has 2 aromatic rings. The van der Waals surface area contributed by atoms with Crippen LogP contribution in [-0.2, 0) is 9.53 Å². The number of hydrogen-bond acceptors (Lipinski definition) is 6. The zero-order valence-corrected chi connectivity index (χ0v) is 15.2. The summed E-state index contributed by atoms with van der Waals surface area (Å²) >= 11 is 0. The maximum Gasteiger partial charge on any atom is 0.271 e. The van der Waals surface area contributed by atoms with Crippen molar-refractivity contribution < 1.29 is 24.2 Å². The molecule has 1 aliphatic rings. The number of hydrazone groups is 1. The number of nitrogens with zero attached hydrogens (tertiary/aromatic N) is 2. The number of amides is 2. The molecular weight excluding hydrogens is 362 g/mol.